The van der Waals surface area contributed by atoms with Crippen LogP contribution >= 0.6 is 12.4 Å². The van der Waals surface area contributed by atoms with Crippen LogP contribution in [0.15, 0.2) is 18.2 Å². The summed E-state index contributed by atoms with van der Waals surface area (Å²) >= 11 is 0. The molecule has 8 nitrogen and oxygen atoms in total. The van der Waals surface area contributed by atoms with Crippen LogP contribution in [0.3, 0.4) is 0 Å². The van der Waals surface area contributed by atoms with Crippen LogP contribution in [0.5, 0.6) is 0 Å². The highest BCUT2D eigenvalue weighted by atomic mass is 35.5. The number of carboxylic acid groups (broad SMARTS) is 2. The quantitative estimate of drug-likeness (QED) is 0.524. The standard InChI is InChI=1S/C12H14N2O6.ClH/c1-12(13,11(17)18)6-7-2-3-9(14(19)20)8(4-7)5-10(15)16;/h2-4H,5-6,13H2,1H3,(H,15,16)(H,17,18);1H/t12-;/m1./s1. The van der Waals surface area contributed by atoms with Gasteiger partial charge in [0.2, 0.25) is 0 Å². The van der Waals surface area contributed by atoms with Gasteiger partial charge in [-0.1, -0.05) is 6.07 Å². The van der Waals surface area contributed by atoms with Gasteiger partial charge in [-0.15, -0.1) is 12.4 Å². The van der Waals surface area contributed by atoms with Crippen molar-refractivity contribution in [2.24, 2.45) is 5.73 Å². The number of carboxylic acids is 2. The highest BCUT2D eigenvalue weighted by Gasteiger charge is 2.29. The Kier molecular flexibility index (Phi) is 6.27. The van der Waals surface area contributed by atoms with Gasteiger partial charge in [-0.3, -0.25) is 19.7 Å². The number of aliphatic carboxylic acids is 2. The van der Waals surface area contributed by atoms with E-state index in [1.54, 1.807) is 0 Å². The maximum Gasteiger partial charge on any atom is 0.323 e. The molecule has 9 heteroatoms. The molecule has 116 valence electrons. The van der Waals surface area contributed by atoms with Crippen LogP contribution < -0.4 is 5.73 Å². The van der Waals surface area contributed by atoms with Crippen LogP contribution in [0, 0.1) is 10.1 Å². The smallest absolute Gasteiger partial charge is 0.323 e. The minimum atomic E-state index is -1.53. The second kappa shape index (κ2) is 7.00. The topological polar surface area (TPSA) is 144 Å². The predicted octanol–water partition coefficient (Wildman–Crippen LogP) is 0.988. The van der Waals surface area contributed by atoms with E-state index in [-0.39, 0.29) is 30.1 Å². The van der Waals surface area contributed by atoms with Crippen molar-refractivity contribution in [3.8, 4) is 0 Å². The van der Waals surface area contributed by atoms with Crippen molar-refractivity contribution in [1.82, 2.24) is 0 Å². The lowest BCUT2D eigenvalue weighted by molar-refractivity contribution is -0.385. The lowest BCUT2D eigenvalue weighted by atomic mass is 9.92. The maximum absolute atomic E-state index is 10.9. The molecule has 1 rings (SSSR count). The maximum atomic E-state index is 10.9. The van der Waals surface area contributed by atoms with Gasteiger partial charge in [-0.2, -0.15) is 0 Å². The van der Waals surface area contributed by atoms with Gasteiger partial charge in [-0.25, -0.2) is 0 Å². The summed E-state index contributed by atoms with van der Waals surface area (Å²) in [4.78, 5) is 31.8. The number of hydrogen-bond donors (Lipinski definition) is 3. The Hall–Kier alpha value is -2.19. The van der Waals surface area contributed by atoms with E-state index in [0.717, 1.165) is 6.07 Å². The summed E-state index contributed by atoms with van der Waals surface area (Å²) in [6.07, 6.45) is -0.578. The van der Waals surface area contributed by atoms with Gasteiger partial charge in [0.1, 0.15) is 5.54 Å². The number of nitro groups is 1. The molecule has 0 spiro atoms. The van der Waals surface area contributed by atoms with Crippen molar-refractivity contribution >= 4 is 30.0 Å². The molecule has 1 aromatic carbocycles. The molecule has 0 fully saturated rings. The molecule has 0 saturated carbocycles. The van der Waals surface area contributed by atoms with E-state index in [0.29, 0.717) is 5.56 Å². The van der Waals surface area contributed by atoms with Gasteiger partial charge in [0, 0.05) is 18.1 Å². The first-order valence-electron chi connectivity index (χ1n) is 5.64. The Morgan fingerprint density at radius 1 is 1.38 bits per heavy atom. The number of benzene rings is 1. The molecule has 4 N–H and O–H groups in total. The van der Waals surface area contributed by atoms with Gasteiger partial charge in [0.15, 0.2) is 0 Å². The molecular weight excluding hydrogens is 304 g/mol. The van der Waals surface area contributed by atoms with Crippen LogP contribution in [-0.4, -0.2) is 32.6 Å². The Labute approximate surface area is 126 Å². The summed E-state index contributed by atoms with van der Waals surface area (Å²) in [5, 5.41) is 28.5. The highest BCUT2D eigenvalue weighted by molar-refractivity contribution is 5.85. The number of halogens is 1. The second-order valence-electron chi connectivity index (χ2n) is 4.69. The highest BCUT2D eigenvalue weighted by Crippen LogP contribution is 2.22. The van der Waals surface area contributed by atoms with Crippen molar-refractivity contribution in [2.45, 2.75) is 25.3 Å². The lowest BCUT2D eigenvalue weighted by Crippen LogP contribution is -2.46. The molecule has 21 heavy (non-hydrogen) atoms. The van der Waals surface area contributed by atoms with Crippen LogP contribution in [-0.2, 0) is 22.4 Å². The molecule has 0 saturated heterocycles. The zero-order valence-corrected chi connectivity index (χ0v) is 11.9. The molecular formula is C12H15ClN2O6. The molecule has 0 heterocycles. The monoisotopic (exact) mass is 318 g/mol. The van der Waals surface area contributed by atoms with E-state index in [9.17, 15) is 19.7 Å². The van der Waals surface area contributed by atoms with Gasteiger partial charge < -0.3 is 15.9 Å². The Balaban J connectivity index is 0.00000400. The number of nitrogens with zero attached hydrogens (tertiary/aromatic N) is 1. The molecule has 0 aliphatic rings. The summed E-state index contributed by atoms with van der Waals surface area (Å²) in [5.41, 5.74) is 4.19. The van der Waals surface area contributed by atoms with Gasteiger partial charge in [0.05, 0.1) is 11.3 Å². The Morgan fingerprint density at radius 2 is 1.95 bits per heavy atom. The average molecular weight is 319 g/mol. The number of hydrogen-bond acceptors (Lipinski definition) is 5. The Morgan fingerprint density at radius 3 is 2.38 bits per heavy atom. The van der Waals surface area contributed by atoms with E-state index < -0.39 is 28.8 Å². The van der Waals surface area contributed by atoms with Gasteiger partial charge in [-0.05, 0) is 18.6 Å². The first kappa shape index (κ1) is 18.8. The Bertz CT molecular complexity index is 573. The van der Waals surface area contributed by atoms with Gasteiger partial charge >= 0.3 is 11.9 Å². The van der Waals surface area contributed by atoms with Crippen LogP contribution in [0.25, 0.3) is 0 Å². The van der Waals surface area contributed by atoms with Gasteiger partial charge in [0.25, 0.3) is 5.69 Å². The van der Waals surface area contributed by atoms with Crippen LogP contribution in [0.2, 0.25) is 0 Å². The largest absolute Gasteiger partial charge is 0.481 e. The predicted molar refractivity (Wildman–Crippen MR) is 75.6 cm³/mol. The van der Waals surface area contributed by atoms with E-state index >= 15 is 0 Å². The van der Waals surface area contributed by atoms with Crippen molar-refractivity contribution in [3.63, 3.8) is 0 Å². The van der Waals surface area contributed by atoms with E-state index in [1.165, 1.54) is 19.1 Å². The molecule has 0 radical (unpaired) electrons. The molecule has 0 aliphatic carbocycles. The number of carbonyl (C=O) groups is 2. The third-order valence-corrected chi connectivity index (χ3v) is 2.74. The van der Waals surface area contributed by atoms with Crippen molar-refractivity contribution in [3.05, 3.63) is 39.4 Å². The summed E-state index contributed by atoms with van der Waals surface area (Å²) in [5.74, 6) is -2.42. The molecule has 0 aliphatic heterocycles. The van der Waals surface area contributed by atoms with E-state index in [1.807, 2.05) is 0 Å². The fourth-order valence-corrected chi connectivity index (χ4v) is 1.73. The van der Waals surface area contributed by atoms with Crippen LogP contribution in [0.4, 0.5) is 5.69 Å². The summed E-state index contributed by atoms with van der Waals surface area (Å²) in [6, 6.07) is 3.84. The minimum Gasteiger partial charge on any atom is -0.481 e. The summed E-state index contributed by atoms with van der Waals surface area (Å²) in [7, 11) is 0. The fraction of sp³-hybridized carbons (Fsp3) is 0.333. The van der Waals surface area contributed by atoms with Crippen molar-refractivity contribution in [1.29, 1.82) is 0 Å². The third kappa shape index (κ3) is 5.01. The molecule has 0 unspecified atom stereocenters. The average Bonchev–Trinajstić information content (AvgIpc) is 2.26. The lowest BCUT2D eigenvalue weighted by Gasteiger charge is -2.19. The van der Waals surface area contributed by atoms with E-state index in [4.69, 9.17) is 15.9 Å². The van der Waals surface area contributed by atoms with Crippen LogP contribution in [0.1, 0.15) is 18.1 Å². The first-order valence-corrected chi connectivity index (χ1v) is 5.64. The molecule has 0 bridgehead atoms. The minimum absolute atomic E-state index is 0. The second-order valence-corrected chi connectivity index (χ2v) is 4.69. The molecule has 1 aromatic rings. The van der Waals surface area contributed by atoms with E-state index in [2.05, 4.69) is 0 Å². The fourth-order valence-electron chi connectivity index (χ4n) is 1.73. The number of nitro benzene ring substituents is 1. The zero-order chi connectivity index (χ0) is 15.5. The molecule has 0 aromatic heterocycles. The summed E-state index contributed by atoms with van der Waals surface area (Å²) < 4.78 is 0. The van der Waals surface area contributed by atoms with Crippen molar-refractivity contribution in [2.75, 3.05) is 0 Å². The third-order valence-electron chi connectivity index (χ3n) is 2.74. The normalized spacial score (nSPS) is 12.9. The zero-order valence-electron chi connectivity index (χ0n) is 11.1. The molecule has 0 amide bonds. The number of rotatable bonds is 6. The summed E-state index contributed by atoms with van der Waals surface area (Å²) in [6.45, 7) is 1.31. The molecule has 1 atom stereocenters. The van der Waals surface area contributed by atoms with Crippen molar-refractivity contribution < 1.29 is 24.7 Å². The number of nitrogens with two attached hydrogens (primary N) is 1. The SMILES string of the molecule is C[C@@](N)(Cc1ccc([N+](=O)[O-])c(CC(=O)O)c1)C(=O)O.Cl. The first-order chi connectivity index (χ1) is 9.13.